The maximum Gasteiger partial charge on any atom is 0.416 e. The fourth-order valence-corrected chi connectivity index (χ4v) is 2.98. The van der Waals surface area contributed by atoms with Crippen LogP contribution in [-0.4, -0.2) is 21.2 Å². The second-order valence-corrected chi connectivity index (χ2v) is 6.00. The third-order valence-corrected chi connectivity index (χ3v) is 4.19. The fraction of sp³-hybridized carbons (Fsp3) is 0.167. The lowest BCUT2D eigenvalue weighted by atomic mass is 10.2. The van der Waals surface area contributed by atoms with E-state index in [-0.39, 0.29) is 11.3 Å². The Kier molecular flexibility index (Phi) is 3.94. The molecule has 5 nitrogen and oxygen atoms in total. The summed E-state index contributed by atoms with van der Waals surface area (Å²) in [6.45, 7) is 2.39. The summed E-state index contributed by atoms with van der Waals surface area (Å²) in [5, 5.41) is 3.68. The minimum absolute atomic E-state index is 0.194. The summed E-state index contributed by atoms with van der Waals surface area (Å²) < 4.78 is 54.1. The molecule has 0 aliphatic rings. The third kappa shape index (κ3) is 3.05. The highest BCUT2D eigenvalue weighted by Crippen LogP contribution is 2.33. The van der Waals surface area contributed by atoms with Crippen molar-refractivity contribution in [3.05, 3.63) is 54.0 Å². The van der Waals surface area contributed by atoms with E-state index in [0.29, 0.717) is 29.1 Å². The molecule has 0 radical (unpaired) electrons. The quantitative estimate of drug-likeness (QED) is 0.440. The zero-order chi connectivity index (χ0) is 19.2. The van der Waals surface area contributed by atoms with Crippen LogP contribution in [0.2, 0.25) is 0 Å². The molecule has 0 amide bonds. The molecule has 0 atom stereocenters. The van der Waals surface area contributed by atoms with Gasteiger partial charge in [0.1, 0.15) is 5.82 Å². The van der Waals surface area contributed by atoms with E-state index in [4.69, 9.17) is 0 Å². The van der Waals surface area contributed by atoms with Gasteiger partial charge in [-0.1, -0.05) is 0 Å². The Hall–Kier alpha value is -3.23. The standard InChI is InChI=1S/C18H15F4N5/c1-2-24-27-16-6-3-10(18(20,21)22)7-14(16)25-17(27)26-15-9-23-13-5-4-11(19)8-12(13)15/h3-9,23-24H,2H2,1H3,(H,25,26). The molecule has 2 heterocycles. The van der Waals surface area contributed by atoms with Gasteiger partial charge in [0.2, 0.25) is 5.95 Å². The van der Waals surface area contributed by atoms with Gasteiger partial charge in [-0.3, -0.25) is 0 Å². The van der Waals surface area contributed by atoms with E-state index in [9.17, 15) is 17.6 Å². The van der Waals surface area contributed by atoms with Gasteiger partial charge in [-0.15, -0.1) is 0 Å². The summed E-state index contributed by atoms with van der Waals surface area (Å²) in [5.41, 5.74) is 4.27. The maximum atomic E-state index is 13.6. The van der Waals surface area contributed by atoms with E-state index in [0.717, 1.165) is 17.6 Å². The Labute approximate surface area is 151 Å². The highest BCUT2D eigenvalue weighted by molar-refractivity contribution is 5.94. The zero-order valence-electron chi connectivity index (χ0n) is 14.2. The second-order valence-electron chi connectivity index (χ2n) is 6.00. The van der Waals surface area contributed by atoms with Crippen LogP contribution in [0.3, 0.4) is 0 Å². The predicted molar refractivity (Wildman–Crippen MR) is 96.2 cm³/mol. The van der Waals surface area contributed by atoms with Crippen molar-refractivity contribution >= 4 is 33.6 Å². The summed E-state index contributed by atoms with van der Waals surface area (Å²) in [6.07, 6.45) is -2.79. The van der Waals surface area contributed by atoms with Gasteiger partial charge >= 0.3 is 6.18 Å². The molecule has 27 heavy (non-hydrogen) atoms. The minimum atomic E-state index is -4.45. The Balaban J connectivity index is 1.82. The normalized spacial score (nSPS) is 12.0. The van der Waals surface area contributed by atoms with Crippen molar-refractivity contribution in [1.29, 1.82) is 0 Å². The molecule has 0 fully saturated rings. The number of hydrogen-bond acceptors (Lipinski definition) is 3. The van der Waals surface area contributed by atoms with Gasteiger partial charge in [0.25, 0.3) is 0 Å². The van der Waals surface area contributed by atoms with E-state index in [1.54, 1.807) is 16.9 Å². The highest BCUT2D eigenvalue weighted by atomic mass is 19.4. The van der Waals surface area contributed by atoms with Crippen LogP contribution in [0.4, 0.5) is 29.2 Å². The Morgan fingerprint density at radius 3 is 2.70 bits per heavy atom. The molecule has 0 unspecified atom stereocenters. The molecule has 4 rings (SSSR count). The molecule has 0 aliphatic carbocycles. The van der Waals surface area contributed by atoms with E-state index < -0.39 is 11.7 Å². The van der Waals surface area contributed by atoms with Crippen LogP contribution in [0.1, 0.15) is 12.5 Å². The smallest absolute Gasteiger partial charge is 0.359 e. The molecule has 4 aromatic rings. The monoisotopic (exact) mass is 377 g/mol. The molecule has 0 saturated heterocycles. The van der Waals surface area contributed by atoms with Gasteiger partial charge in [0, 0.05) is 23.6 Å². The molecule has 0 saturated carbocycles. The maximum absolute atomic E-state index is 13.6. The minimum Gasteiger partial charge on any atom is -0.359 e. The van der Waals surface area contributed by atoms with Crippen LogP contribution in [0.25, 0.3) is 21.9 Å². The first kappa shape index (κ1) is 17.2. The Bertz CT molecular complexity index is 1130. The SMILES string of the molecule is CCNn1c(Nc2c[nH]c3ccc(F)cc23)nc2cc(C(F)(F)F)ccc21. The van der Waals surface area contributed by atoms with Gasteiger partial charge in [0.15, 0.2) is 0 Å². The number of nitrogens with zero attached hydrogens (tertiary/aromatic N) is 2. The summed E-state index contributed by atoms with van der Waals surface area (Å²) in [7, 11) is 0. The van der Waals surface area contributed by atoms with Gasteiger partial charge in [-0.2, -0.15) is 13.2 Å². The summed E-state index contributed by atoms with van der Waals surface area (Å²) in [5.74, 6) is -0.0866. The molecule has 0 spiro atoms. The first-order chi connectivity index (χ1) is 12.9. The van der Waals surface area contributed by atoms with Crippen molar-refractivity contribution in [3.63, 3.8) is 0 Å². The first-order valence-electron chi connectivity index (χ1n) is 8.24. The van der Waals surface area contributed by atoms with Gasteiger partial charge in [-0.05, 0) is 43.3 Å². The van der Waals surface area contributed by atoms with Crippen molar-refractivity contribution in [1.82, 2.24) is 14.6 Å². The van der Waals surface area contributed by atoms with E-state index >= 15 is 0 Å². The van der Waals surface area contributed by atoms with Crippen molar-refractivity contribution in [2.24, 2.45) is 0 Å². The van der Waals surface area contributed by atoms with Gasteiger partial charge in [0.05, 0.1) is 22.3 Å². The number of aromatic nitrogens is 3. The van der Waals surface area contributed by atoms with E-state index in [1.807, 2.05) is 6.92 Å². The predicted octanol–water partition coefficient (Wildman–Crippen LogP) is 4.98. The van der Waals surface area contributed by atoms with Crippen LogP contribution in [-0.2, 0) is 6.18 Å². The number of benzene rings is 2. The van der Waals surface area contributed by atoms with E-state index in [1.165, 1.54) is 18.2 Å². The summed E-state index contributed by atoms with van der Waals surface area (Å²) in [4.78, 5) is 7.31. The average molecular weight is 377 g/mol. The lowest BCUT2D eigenvalue weighted by molar-refractivity contribution is -0.137. The molecule has 140 valence electrons. The molecular formula is C18H15F4N5. The zero-order valence-corrected chi connectivity index (χ0v) is 14.2. The van der Waals surface area contributed by atoms with Crippen molar-refractivity contribution < 1.29 is 17.6 Å². The summed E-state index contributed by atoms with van der Waals surface area (Å²) in [6, 6.07) is 7.71. The lowest BCUT2D eigenvalue weighted by Crippen LogP contribution is -2.16. The van der Waals surface area contributed by atoms with Crippen LogP contribution in [0.5, 0.6) is 0 Å². The number of rotatable bonds is 4. The van der Waals surface area contributed by atoms with Crippen molar-refractivity contribution in [3.8, 4) is 0 Å². The van der Waals surface area contributed by atoms with Crippen LogP contribution >= 0.6 is 0 Å². The third-order valence-electron chi connectivity index (χ3n) is 4.19. The Morgan fingerprint density at radius 1 is 1.15 bits per heavy atom. The van der Waals surface area contributed by atoms with Crippen LogP contribution in [0.15, 0.2) is 42.6 Å². The first-order valence-corrected chi connectivity index (χ1v) is 8.24. The van der Waals surface area contributed by atoms with Crippen LogP contribution < -0.4 is 10.7 Å². The number of aromatic amines is 1. The number of nitrogens with one attached hydrogen (secondary N) is 3. The van der Waals surface area contributed by atoms with Crippen LogP contribution in [0, 0.1) is 5.82 Å². The number of halogens is 4. The molecular weight excluding hydrogens is 362 g/mol. The molecule has 0 bridgehead atoms. The number of hydrogen-bond donors (Lipinski definition) is 3. The molecule has 2 aromatic carbocycles. The number of fused-ring (bicyclic) bond motifs is 2. The fourth-order valence-electron chi connectivity index (χ4n) is 2.98. The number of alkyl halides is 3. The number of anilines is 2. The van der Waals surface area contributed by atoms with Crippen molar-refractivity contribution in [2.45, 2.75) is 13.1 Å². The molecule has 3 N–H and O–H groups in total. The van der Waals surface area contributed by atoms with Crippen molar-refractivity contribution in [2.75, 3.05) is 17.3 Å². The topological polar surface area (TPSA) is 57.7 Å². The van der Waals surface area contributed by atoms with E-state index in [2.05, 4.69) is 20.7 Å². The highest BCUT2D eigenvalue weighted by Gasteiger charge is 2.31. The largest absolute Gasteiger partial charge is 0.416 e. The summed E-state index contributed by atoms with van der Waals surface area (Å²) >= 11 is 0. The molecule has 0 aliphatic heterocycles. The number of H-pyrrole nitrogens is 1. The number of imidazole rings is 1. The molecule has 9 heteroatoms. The molecule has 2 aromatic heterocycles. The second kappa shape index (κ2) is 6.19. The van der Waals surface area contributed by atoms with Gasteiger partial charge < -0.3 is 15.7 Å². The van der Waals surface area contributed by atoms with Gasteiger partial charge in [-0.25, -0.2) is 14.1 Å². The Morgan fingerprint density at radius 2 is 1.96 bits per heavy atom. The lowest BCUT2D eigenvalue weighted by Gasteiger charge is -2.11. The average Bonchev–Trinajstić information content (AvgIpc) is 3.16.